The second-order valence-electron chi connectivity index (χ2n) is 3.93. The van der Waals surface area contributed by atoms with E-state index in [9.17, 15) is 4.79 Å². The maximum atomic E-state index is 11.7. The Hall–Kier alpha value is -1.13. The fraction of sp³-hybridized carbons (Fsp3) is 0.583. The Morgan fingerprint density at radius 1 is 1.12 bits per heavy atom. The fourth-order valence-electron chi connectivity index (χ4n) is 2.40. The summed E-state index contributed by atoms with van der Waals surface area (Å²) < 4.78 is 16.1. The number of rotatable bonds is 3. The lowest BCUT2D eigenvalue weighted by Crippen LogP contribution is -2.36. The smallest absolute Gasteiger partial charge is 0.163 e. The molecule has 16 heavy (non-hydrogen) atoms. The van der Waals surface area contributed by atoms with Crippen molar-refractivity contribution in [2.24, 2.45) is 0 Å². The highest BCUT2D eigenvalue weighted by Gasteiger charge is 2.39. The number of hydrogen-bond acceptors (Lipinski definition) is 4. The summed E-state index contributed by atoms with van der Waals surface area (Å²) in [6, 6.07) is 0. The molecule has 4 heteroatoms. The molecule has 0 aliphatic heterocycles. The molecule has 2 aliphatic carbocycles. The molecule has 4 nitrogen and oxygen atoms in total. The first kappa shape index (κ1) is 11.4. The van der Waals surface area contributed by atoms with Crippen LogP contribution in [0.15, 0.2) is 23.0 Å². The van der Waals surface area contributed by atoms with Crippen LogP contribution in [0, 0.1) is 0 Å². The van der Waals surface area contributed by atoms with Gasteiger partial charge in [0.05, 0.1) is 7.11 Å². The second-order valence-corrected chi connectivity index (χ2v) is 3.93. The average Bonchev–Trinajstić information content (AvgIpc) is 2.68. The van der Waals surface area contributed by atoms with E-state index in [1.54, 1.807) is 27.4 Å². The van der Waals surface area contributed by atoms with Gasteiger partial charge in [0.1, 0.15) is 18.0 Å². The molecular formula is C12H16O4. The van der Waals surface area contributed by atoms with Crippen molar-refractivity contribution in [2.75, 3.05) is 21.3 Å². The quantitative estimate of drug-likeness (QED) is 0.723. The van der Waals surface area contributed by atoms with Crippen molar-refractivity contribution in [2.45, 2.75) is 25.0 Å². The molecule has 0 amide bonds. The SMILES string of the molecule is COC1=CC2=C(CCC2=O)C(OC)C1OC. The molecule has 0 aromatic heterocycles. The molecule has 0 spiro atoms. The number of carbonyl (C=O) groups is 1. The van der Waals surface area contributed by atoms with Gasteiger partial charge in [-0.2, -0.15) is 0 Å². The Kier molecular flexibility index (Phi) is 3.12. The number of methoxy groups -OCH3 is 3. The monoisotopic (exact) mass is 224 g/mol. The Morgan fingerprint density at radius 3 is 2.38 bits per heavy atom. The van der Waals surface area contributed by atoms with Crippen molar-refractivity contribution in [3.63, 3.8) is 0 Å². The number of ketones is 1. The van der Waals surface area contributed by atoms with Gasteiger partial charge in [0, 0.05) is 26.2 Å². The van der Waals surface area contributed by atoms with Crippen LogP contribution in [0.5, 0.6) is 0 Å². The first-order valence-electron chi connectivity index (χ1n) is 5.30. The van der Waals surface area contributed by atoms with Gasteiger partial charge in [0.2, 0.25) is 0 Å². The number of hydrogen-bond donors (Lipinski definition) is 0. The van der Waals surface area contributed by atoms with Gasteiger partial charge < -0.3 is 14.2 Å². The van der Waals surface area contributed by atoms with Crippen molar-refractivity contribution in [3.05, 3.63) is 23.0 Å². The van der Waals surface area contributed by atoms with E-state index >= 15 is 0 Å². The molecule has 0 fully saturated rings. The van der Waals surface area contributed by atoms with Gasteiger partial charge in [0.25, 0.3) is 0 Å². The molecule has 0 saturated carbocycles. The molecular weight excluding hydrogens is 208 g/mol. The van der Waals surface area contributed by atoms with Gasteiger partial charge in [-0.3, -0.25) is 4.79 Å². The number of Topliss-reactive ketones (excluding diaryl/α,β-unsaturated/α-hetero) is 1. The number of carbonyl (C=O) groups excluding carboxylic acids is 1. The van der Waals surface area contributed by atoms with Crippen molar-refractivity contribution in [3.8, 4) is 0 Å². The summed E-state index contributed by atoms with van der Waals surface area (Å²) in [7, 11) is 4.82. The average molecular weight is 224 g/mol. The van der Waals surface area contributed by atoms with Crippen molar-refractivity contribution in [1.82, 2.24) is 0 Å². The van der Waals surface area contributed by atoms with Crippen LogP contribution >= 0.6 is 0 Å². The van der Waals surface area contributed by atoms with Gasteiger partial charge in [-0.05, 0) is 18.1 Å². The summed E-state index contributed by atoms with van der Waals surface area (Å²) in [6.07, 6.45) is 2.66. The normalized spacial score (nSPS) is 29.2. The molecule has 0 aromatic rings. The predicted molar refractivity (Wildman–Crippen MR) is 58.0 cm³/mol. The third-order valence-electron chi connectivity index (χ3n) is 3.20. The van der Waals surface area contributed by atoms with E-state index in [4.69, 9.17) is 14.2 Å². The Balaban J connectivity index is 2.42. The van der Waals surface area contributed by atoms with Gasteiger partial charge in [-0.15, -0.1) is 0 Å². The third-order valence-corrected chi connectivity index (χ3v) is 3.20. The molecule has 0 bridgehead atoms. The Morgan fingerprint density at radius 2 is 1.81 bits per heavy atom. The molecule has 0 saturated heterocycles. The standard InChI is InChI=1S/C12H16O4/c1-14-10-6-8-7(4-5-9(8)13)11(15-2)12(10)16-3/h6,11-12H,4-5H2,1-3H3. The second kappa shape index (κ2) is 4.39. The first-order valence-corrected chi connectivity index (χ1v) is 5.30. The van der Waals surface area contributed by atoms with Gasteiger partial charge >= 0.3 is 0 Å². The lowest BCUT2D eigenvalue weighted by molar-refractivity contribution is -0.114. The molecule has 0 radical (unpaired) electrons. The van der Waals surface area contributed by atoms with Crippen LogP contribution in [0.2, 0.25) is 0 Å². The summed E-state index contributed by atoms with van der Waals surface area (Å²) in [5, 5.41) is 0. The molecule has 0 aromatic carbocycles. The zero-order chi connectivity index (χ0) is 11.7. The van der Waals surface area contributed by atoms with Crippen molar-refractivity contribution >= 4 is 5.78 Å². The minimum Gasteiger partial charge on any atom is -0.498 e. The van der Waals surface area contributed by atoms with E-state index < -0.39 is 0 Å². The number of ether oxygens (including phenoxy) is 3. The maximum Gasteiger partial charge on any atom is 0.163 e. The van der Waals surface area contributed by atoms with Crippen LogP contribution in [0.1, 0.15) is 12.8 Å². The molecule has 0 N–H and O–H groups in total. The molecule has 88 valence electrons. The summed E-state index contributed by atoms with van der Waals surface area (Å²) in [4.78, 5) is 11.7. The molecule has 2 aliphatic rings. The van der Waals surface area contributed by atoms with Gasteiger partial charge in [0.15, 0.2) is 5.78 Å². The van der Waals surface area contributed by atoms with Crippen LogP contribution in [0.25, 0.3) is 0 Å². The predicted octanol–water partition coefficient (Wildman–Crippen LogP) is 1.22. The minimum absolute atomic E-state index is 0.168. The van der Waals surface area contributed by atoms with E-state index in [2.05, 4.69) is 0 Å². The summed E-state index contributed by atoms with van der Waals surface area (Å²) in [5.41, 5.74) is 1.79. The van der Waals surface area contributed by atoms with Crippen LogP contribution in [-0.2, 0) is 19.0 Å². The molecule has 0 heterocycles. The van der Waals surface area contributed by atoms with Crippen LogP contribution < -0.4 is 0 Å². The lowest BCUT2D eigenvalue weighted by atomic mass is 9.93. The van der Waals surface area contributed by atoms with Crippen LogP contribution in [0.3, 0.4) is 0 Å². The van der Waals surface area contributed by atoms with E-state index in [-0.39, 0.29) is 18.0 Å². The van der Waals surface area contributed by atoms with Crippen molar-refractivity contribution in [1.29, 1.82) is 0 Å². The lowest BCUT2D eigenvalue weighted by Gasteiger charge is -2.30. The van der Waals surface area contributed by atoms with Gasteiger partial charge in [-0.25, -0.2) is 0 Å². The summed E-state index contributed by atoms with van der Waals surface area (Å²) >= 11 is 0. The third kappa shape index (κ3) is 1.58. The van der Waals surface area contributed by atoms with Crippen LogP contribution in [-0.4, -0.2) is 39.3 Å². The maximum absolute atomic E-state index is 11.7. The zero-order valence-electron chi connectivity index (χ0n) is 9.78. The fourth-order valence-corrected chi connectivity index (χ4v) is 2.40. The molecule has 2 unspecified atom stereocenters. The van der Waals surface area contributed by atoms with E-state index in [0.717, 1.165) is 17.6 Å². The highest BCUT2D eigenvalue weighted by atomic mass is 16.6. The largest absolute Gasteiger partial charge is 0.498 e. The van der Waals surface area contributed by atoms with E-state index in [1.807, 2.05) is 0 Å². The topological polar surface area (TPSA) is 44.8 Å². The molecule has 2 atom stereocenters. The first-order chi connectivity index (χ1) is 7.72. The Labute approximate surface area is 94.9 Å². The highest BCUT2D eigenvalue weighted by Crippen LogP contribution is 2.36. The minimum atomic E-state index is -0.250. The van der Waals surface area contributed by atoms with Crippen molar-refractivity contribution < 1.29 is 19.0 Å². The molecule has 2 rings (SSSR count). The summed E-state index contributed by atoms with van der Waals surface area (Å²) in [5.74, 6) is 0.824. The van der Waals surface area contributed by atoms with Gasteiger partial charge in [-0.1, -0.05) is 0 Å². The van der Waals surface area contributed by atoms with E-state index in [0.29, 0.717) is 12.2 Å². The van der Waals surface area contributed by atoms with E-state index in [1.165, 1.54) is 0 Å². The number of allylic oxidation sites excluding steroid dienone is 2. The zero-order valence-corrected chi connectivity index (χ0v) is 9.78. The van der Waals surface area contributed by atoms with Crippen LogP contribution in [0.4, 0.5) is 0 Å². The highest BCUT2D eigenvalue weighted by molar-refractivity contribution is 6.02. The Bertz CT molecular complexity index is 367. The summed E-state index contributed by atoms with van der Waals surface area (Å²) in [6.45, 7) is 0.